The van der Waals surface area contributed by atoms with Crippen LogP contribution < -0.4 is 0 Å². The van der Waals surface area contributed by atoms with Gasteiger partial charge in [-0.2, -0.15) is 0 Å². The molecule has 1 heterocycles. The van der Waals surface area contributed by atoms with Crippen molar-refractivity contribution in [2.24, 2.45) is 0 Å². The lowest BCUT2D eigenvalue weighted by molar-refractivity contribution is -0.915. The van der Waals surface area contributed by atoms with Crippen molar-refractivity contribution in [3.05, 3.63) is 0 Å². The number of likely N-dealkylation sites (N-methyl/N-ethyl adjacent to an activating group) is 1. The Kier molecular flexibility index (Phi) is 4.02. The molecule has 0 saturated carbocycles. The Labute approximate surface area is 76.1 Å². The summed E-state index contributed by atoms with van der Waals surface area (Å²) in [6.45, 7) is 11.5. The van der Waals surface area contributed by atoms with E-state index < -0.39 is 0 Å². The number of nitrogens with zero attached hydrogens (tertiary/aromatic N) is 1. The molecule has 0 bridgehead atoms. The van der Waals surface area contributed by atoms with E-state index in [-0.39, 0.29) is 0 Å². The Bertz CT molecular complexity index is 119. The van der Waals surface area contributed by atoms with Crippen LogP contribution in [0, 0.1) is 0 Å². The van der Waals surface area contributed by atoms with E-state index in [1.807, 2.05) is 0 Å². The van der Waals surface area contributed by atoms with Gasteiger partial charge in [0.1, 0.15) is 6.54 Å². The maximum Gasteiger partial charge on any atom is 0.102 e. The third-order valence-electron chi connectivity index (χ3n) is 3.10. The monoisotopic (exact) mass is 172 g/mol. The normalized spacial score (nSPS) is 21.5. The predicted molar refractivity (Wildman–Crippen MR) is 51.1 cm³/mol. The highest BCUT2D eigenvalue weighted by atomic mass is 16.5. The Morgan fingerprint density at radius 3 is 2.33 bits per heavy atom. The topological polar surface area (TPSA) is 9.23 Å². The summed E-state index contributed by atoms with van der Waals surface area (Å²) in [7, 11) is 0. The van der Waals surface area contributed by atoms with Gasteiger partial charge in [-0.25, -0.2) is 0 Å². The highest BCUT2D eigenvalue weighted by molar-refractivity contribution is 4.53. The fraction of sp³-hybridized carbons (Fsp3) is 1.00. The first kappa shape index (κ1) is 10.0. The summed E-state index contributed by atoms with van der Waals surface area (Å²) in [5.41, 5.74) is 0. The van der Waals surface area contributed by atoms with Crippen molar-refractivity contribution in [3.8, 4) is 0 Å². The van der Waals surface area contributed by atoms with Gasteiger partial charge in [0.2, 0.25) is 0 Å². The van der Waals surface area contributed by atoms with E-state index in [0.717, 1.165) is 13.2 Å². The van der Waals surface area contributed by atoms with Crippen LogP contribution in [0.4, 0.5) is 0 Å². The molecule has 0 aromatic rings. The quantitative estimate of drug-likeness (QED) is 0.452. The number of hydrogen-bond donors (Lipinski definition) is 0. The van der Waals surface area contributed by atoms with Crippen LogP contribution in [0.2, 0.25) is 0 Å². The molecule has 1 aliphatic rings. The van der Waals surface area contributed by atoms with Crippen molar-refractivity contribution in [2.45, 2.75) is 26.7 Å². The summed E-state index contributed by atoms with van der Waals surface area (Å²) in [6.07, 6.45) is 2.83. The molecule has 1 rings (SSSR count). The molecule has 1 fully saturated rings. The van der Waals surface area contributed by atoms with E-state index in [2.05, 4.69) is 13.8 Å². The molecule has 1 saturated heterocycles. The van der Waals surface area contributed by atoms with Crippen LogP contribution in [0.15, 0.2) is 0 Å². The van der Waals surface area contributed by atoms with Gasteiger partial charge in [-0.05, 0) is 13.8 Å². The Morgan fingerprint density at radius 2 is 1.83 bits per heavy atom. The third-order valence-corrected chi connectivity index (χ3v) is 3.10. The summed E-state index contributed by atoms with van der Waals surface area (Å²) in [5, 5.41) is 0. The summed E-state index contributed by atoms with van der Waals surface area (Å²) >= 11 is 0. The predicted octanol–water partition coefficient (Wildman–Crippen LogP) is 1.65. The minimum absolute atomic E-state index is 0.865. The Balaban J connectivity index is 2.24. The Hall–Kier alpha value is -0.0800. The smallest absolute Gasteiger partial charge is 0.102 e. The van der Waals surface area contributed by atoms with Crippen LogP contribution in [0.3, 0.4) is 0 Å². The van der Waals surface area contributed by atoms with Crippen molar-refractivity contribution in [3.63, 3.8) is 0 Å². The fourth-order valence-corrected chi connectivity index (χ4v) is 2.11. The largest absolute Gasteiger partial charge is 0.376 e. The van der Waals surface area contributed by atoms with Crippen LogP contribution in [-0.4, -0.2) is 43.9 Å². The molecule has 0 amide bonds. The van der Waals surface area contributed by atoms with Gasteiger partial charge in [0.15, 0.2) is 0 Å². The van der Waals surface area contributed by atoms with Crippen molar-refractivity contribution in [1.29, 1.82) is 0 Å². The van der Waals surface area contributed by atoms with E-state index in [1.54, 1.807) is 0 Å². The van der Waals surface area contributed by atoms with Crippen molar-refractivity contribution < 1.29 is 9.22 Å². The summed E-state index contributed by atoms with van der Waals surface area (Å²) in [5.74, 6) is 0. The minimum Gasteiger partial charge on any atom is -0.376 e. The van der Waals surface area contributed by atoms with Crippen molar-refractivity contribution >= 4 is 0 Å². The molecule has 0 atom stereocenters. The summed E-state index contributed by atoms with van der Waals surface area (Å²) in [6, 6.07) is 0. The van der Waals surface area contributed by atoms with Crippen LogP contribution in [0.25, 0.3) is 0 Å². The number of quaternary nitrogens is 1. The molecule has 2 heteroatoms. The minimum atomic E-state index is 0.865. The molecular weight excluding hydrogens is 150 g/mol. The molecule has 1 aliphatic heterocycles. The second kappa shape index (κ2) is 4.83. The second-order valence-corrected chi connectivity index (χ2v) is 3.73. The molecule has 0 aliphatic carbocycles. The molecule has 0 unspecified atom stereocenters. The van der Waals surface area contributed by atoms with Crippen LogP contribution in [0.5, 0.6) is 0 Å². The maximum absolute atomic E-state index is 5.41. The first-order valence-electron chi connectivity index (χ1n) is 5.26. The molecule has 72 valence electrons. The molecule has 12 heavy (non-hydrogen) atoms. The third kappa shape index (κ3) is 2.46. The van der Waals surface area contributed by atoms with Crippen molar-refractivity contribution in [2.75, 3.05) is 39.4 Å². The first-order chi connectivity index (χ1) is 5.83. The van der Waals surface area contributed by atoms with Crippen LogP contribution >= 0.6 is 0 Å². The molecule has 0 N–H and O–H groups in total. The highest BCUT2D eigenvalue weighted by Crippen LogP contribution is 2.18. The van der Waals surface area contributed by atoms with Crippen LogP contribution in [0.1, 0.15) is 26.7 Å². The average Bonchev–Trinajstić information content (AvgIpc) is 2.55. The van der Waals surface area contributed by atoms with Gasteiger partial charge in [-0.3, -0.25) is 0 Å². The van der Waals surface area contributed by atoms with E-state index in [4.69, 9.17) is 4.74 Å². The van der Waals surface area contributed by atoms with Crippen molar-refractivity contribution in [1.82, 2.24) is 0 Å². The van der Waals surface area contributed by atoms with E-state index in [0.29, 0.717) is 0 Å². The van der Waals surface area contributed by atoms with Gasteiger partial charge in [0, 0.05) is 19.4 Å². The van der Waals surface area contributed by atoms with E-state index >= 15 is 0 Å². The highest BCUT2D eigenvalue weighted by Gasteiger charge is 2.29. The lowest BCUT2D eigenvalue weighted by Crippen LogP contribution is -2.47. The maximum atomic E-state index is 5.41. The lowest BCUT2D eigenvalue weighted by Gasteiger charge is -2.32. The molecule has 0 aromatic carbocycles. The number of ether oxygens (including phenoxy) is 1. The van der Waals surface area contributed by atoms with Gasteiger partial charge >= 0.3 is 0 Å². The van der Waals surface area contributed by atoms with Gasteiger partial charge < -0.3 is 9.22 Å². The van der Waals surface area contributed by atoms with E-state index in [9.17, 15) is 0 Å². The SMILES string of the molecule is CCOCC[N+]1(CC)CCCC1. The molecule has 0 radical (unpaired) electrons. The first-order valence-corrected chi connectivity index (χ1v) is 5.26. The number of rotatable bonds is 5. The van der Waals surface area contributed by atoms with Gasteiger partial charge in [-0.1, -0.05) is 0 Å². The molecule has 0 spiro atoms. The number of hydrogen-bond acceptors (Lipinski definition) is 1. The number of likely N-dealkylation sites (tertiary alicyclic amines) is 1. The molecule has 0 aromatic heterocycles. The molecule has 2 nitrogen and oxygen atoms in total. The van der Waals surface area contributed by atoms with Gasteiger partial charge in [0.25, 0.3) is 0 Å². The lowest BCUT2D eigenvalue weighted by atomic mass is 10.4. The standard InChI is InChI=1S/C10H22NO/c1-3-11(7-5-6-8-11)9-10-12-4-2/h3-10H2,1-2H3/q+1. The average molecular weight is 172 g/mol. The zero-order valence-electron chi connectivity index (χ0n) is 8.51. The Morgan fingerprint density at radius 1 is 1.17 bits per heavy atom. The van der Waals surface area contributed by atoms with Crippen LogP contribution in [-0.2, 0) is 4.74 Å². The zero-order chi connectivity index (χ0) is 8.86. The van der Waals surface area contributed by atoms with Gasteiger partial charge in [-0.15, -0.1) is 0 Å². The molecular formula is C10H22NO+. The summed E-state index contributed by atoms with van der Waals surface area (Å²) in [4.78, 5) is 0. The van der Waals surface area contributed by atoms with E-state index in [1.165, 1.54) is 43.5 Å². The second-order valence-electron chi connectivity index (χ2n) is 3.73. The fourth-order valence-electron chi connectivity index (χ4n) is 2.11. The zero-order valence-corrected chi connectivity index (χ0v) is 8.51. The summed E-state index contributed by atoms with van der Waals surface area (Å²) < 4.78 is 6.71. The van der Waals surface area contributed by atoms with Gasteiger partial charge in [0.05, 0.1) is 26.2 Å².